The second-order valence-corrected chi connectivity index (χ2v) is 10.0. The second-order valence-electron chi connectivity index (χ2n) is 10.0. The molecule has 4 heterocycles. The fourth-order valence-electron chi connectivity index (χ4n) is 5.41. The van der Waals surface area contributed by atoms with Gasteiger partial charge < -0.3 is 33.3 Å². The van der Waals surface area contributed by atoms with E-state index in [0.29, 0.717) is 39.6 Å². The molecule has 3 aromatic carbocycles. The molecule has 0 amide bonds. The Morgan fingerprint density at radius 2 is 1.50 bits per heavy atom. The lowest BCUT2D eigenvalue weighted by atomic mass is 9.95. The minimum Gasteiger partial charge on any atom is -0.508 e. The maximum Gasteiger partial charge on any atom is 0.339 e. The van der Waals surface area contributed by atoms with Gasteiger partial charge in [-0.3, -0.25) is 0 Å². The number of fused-ring (bicyclic) bond motifs is 5. The van der Waals surface area contributed by atoms with Crippen molar-refractivity contribution < 1.29 is 33.3 Å². The number of rotatable bonds is 4. The zero-order chi connectivity index (χ0) is 29.1. The summed E-state index contributed by atoms with van der Waals surface area (Å²) in [7, 11) is 0. The molecule has 42 heavy (non-hydrogen) atoms. The van der Waals surface area contributed by atoms with Crippen molar-refractivity contribution in [3.8, 4) is 28.6 Å². The third-order valence-electron chi connectivity index (χ3n) is 7.26. The Hall–Kier alpha value is -5.61. The van der Waals surface area contributed by atoms with Crippen molar-refractivity contribution in [2.45, 2.75) is 19.1 Å². The Labute approximate surface area is 234 Å². The lowest BCUT2D eigenvalue weighted by molar-refractivity contribution is -0.0232. The van der Waals surface area contributed by atoms with E-state index in [2.05, 4.69) is 0 Å². The van der Waals surface area contributed by atoms with Crippen molar-refractivity contribution in [2.75, 3.05) is 0 Å². The van der Waals surface area contributed by atoms with Crippen LogP contribution >= 0.6 is 0 Å². The van der Waals surface area contributed by atoms with E-state index in [1.807, 2.05) is 0 Å². The van der Waals surface area contributed by atoms with Crippen molar-refractivity contribution in [1.29, 1.82) is 0 Å². The van der Waals surface area contributed by atoms with E-state index in [0.717, 1.165) is 5.56 Å². The number of ether oxygens (including phenoxy) is 1. The summed E-state index contributed by atoms with van der Waals surface area (Å²) in [6.07, 6.45) is -1.19. The van der Waals surface area contributed by atoms with E-state index in [1.165, 1.54) is 48.5 Å². The topological polar surface area (TPSA) is 161 Å². The summed E-state index contributed by atoms with van der Waals surface area (Å²) >= 11 is 0. The van der Waals surface area contributed by atoms with Crippen molar-refractivity contribution >= 4 is 21.9 Å². The van der Waals surface area contributed by atoms with Gasteiger partial charge in [-0.2, -0.15) is 0 Å². The van der Waals surface area contributed by atoms with Crippen LogP contribution in [0.5, 0.6) is 17.2 Å². The van der Waals surface area contributed by atoms with Crippen LogP contribution in [0.15, 0.2) is 100 Å². The third kappa shape index (κ3) is 4.30. The lowest BCUT2D eigenvalue weighted by Crippen LogP contribution is -2.19. The van der Waals surface area contributed by atoms with Crippen molar-refractivity contribution in [3.05, 3.63) is 132 Å². The van der Waals surface area contributed by atoms with E-state index < -0.39 is 23.2 Å². The van der Waals surface area contributed by atoms with Crippen LogP contribution in [0.1, 0.15) is 34.1 Å². The maximum atomic E-state index is 13.2. The van der Waals surface area contributed by atoms with E-state index in [1.54, 1.807) is 24.3 Å². The standard InChI is InChI=1S/C32H20O10/c33-19-5-6-20-16(12-27(35)40-26(20)14-19)8-15-4-7-24-21(9-15)30-22(32(38)41-24)11-18(31(37)42-30)10-17-13-28(36)39-25-3-1-2-23(34)29(17)25/h1-7,9,11-14,32-34,38H,8,10H2. The molecule has 1 aliphatic heterocycles. The van der Waals surface area contributed by atoms with Gasteiger partial charge in [-0.25, -0.2) is 14.4 Å². The average Bonchev–Trinajstić information content (AvgIpc) is 2.93. The number of aliphatic hydroxyl groups excluding tert-OH is 1. The van der Waals surface area contributed by atoms with Crippen LogP contribution in [0.3, 0.4) is 0 Å². The van der Waals surface area contributed by atoms with Gasteiger partial charge >= 0.3 is 16.9 Å². The zero-order valence-electron chi connectivity index (χ0n) is 21.6. The van der Waals surface area contributed by atoms with E-state index in [-0.39, 0.29) is 46.0 Å². The van der Waals surface area contributed by atoms with Crippen molar-refractivity contribution in [2.24, 2.45) is 0 Å². The molecular formula is C32H20O10. The quantitative estimate of drug-likeness (QED) is 0.260. The first kappa shape index (κ1) is 25.4. The maximum absolute atomic E-state index is 13.2. The predicted molar refractivity (Wildman–Crippen MR) is 150 cm³/mol. The number of aliphatic hydroxyl groups is 1. The number of benzene rings is 3. The highest BCUT2D eigenvalue weighted by Gasteiger charge is 2.29. The molecule has 0 saturated heterocycles. The number of hydrogen-bond donors (Lipinski definition) is 3. The van der Waals surface area contributed by atoms with Crippen LogP contribution < -0.4 is 21.6 Å². The number of aromatic hydroxyl groups is 2. The molecule has 0 bridgehead atoms. The Balaban J connectivity index is 1.29. The van der Waals surface area contributed by atoms with Gasteiger partial charge in [-0.1, -0.05) is 12.1 Å². The van der Waals surface area contributed by atoms with Gasteiger partial charge in [0.15, 0.2) is 5.76 Å². The van der Waals surface area contributed by atoms with Gasteiger partial charge in [0.05, 0.1) is 16.5 Å². The molecule has 10 nitrogen and oxygen atoms in total. The van der Waals surface area contributed by atoms with E-state index in [9.17, 15) is 29.7 Å². The van der Waals surface area contributed by atoms with Crippen LogP contribution in [-0.2, 0) is 12.8 Å². The summed E-state index contributed by atoms with van der Waals surface area (Å²) in [5.74, 6) is 0.286. The van der Waals surface area contributed by atoms with Gasteiger partial charge in [-0.05, 0) is 65.6 Å². The molecule has 1 unspecified atom stereocenters. The first-order valence-electron chi connectivity index (χ1n) is 12.9. The van der Waals surface area contributed by atoms with Crippen LogP contribution in [0.25, 0.3) is 33.3 Å². The van der Waals surface area contributed by atoms with E-state index in [4.69, 9.17) is 18.0 Å². The zero-order valence-corrected chi connectivity index (χ0v) is 21.6. The Morgan fingerprint density at radius 3 is 2.33 bits per heavy atom. The molecule has 1 aliphatic rings. The summed E-state index contributed by atoms with van der Waals surface area (Å²) in [6, 6.07) is 18.3. The molecule has 10 heteroatoms. The third-order valence-corrected chi connectivity index (χ3v) is 7.26. The minimum absolute atomic E-state index is 0.0287. The largest absolute Gasteiger partial charge is 0.508 e. The second kappa shape index (κ2) is 9.50. The smallest absolute Gasteiger partial charge is 0.339 e. The van der Waals surface area contributed by atoms with Crippen LogP contribution in [0.4, 0.5) is 0 Å². The monoisotopic (exact) mass is 564 g/mol. The number of phenolic OH excluding ortho intramolecular Hbond substituents is 2. The first-order chi connectivity index (χ1) is 20.2. The van der Waals surface area contributed by atoms with Crippen LogP contribution in [0, 0.1) is 0 Å². The molecule has 208 valence electrons. The fraction of sp³-hybridized carbons (Fsp3) is 0.0938. The first-order valence-corrected chi connectivity index (χ1v) is 12.9. The highest BCUT2D eigenvalue weighted by molar-refractivity contribution is 5.87. The summed E-state index contributed by atoms with van der Waals surface area (Å²) in [6.45, 7) is 0. The highest BCUT2D eigenvalue weighted by Crippen LogP contribution is 2.42. The molecule has 0 fully saturated rings. The van der Waals surface area contributed by atoms with Crippen LogP contribution in [0.2, 0.25) is 0 Å². The lowest BCUT2D eigenvalue weighted by Gasteiger charge is -2.24. The molecule has 3 aromatic heterocycles. The molecular weight excluding hydrogens is 544 g/mol. The van der Waals surface area contributed by atoms with Gasteiger partial charge in [0.1, 0.15) is 28.4 Å². The molecule has 0 saturated carbocycles. The predicted octanol–water partition coefficient (Wildman–Crippen LogP) is 4.50. The fourth-order valence-corrected chi connectivity index (χ4v) is 5.41. The van der Waals surface area contributed by atoms with Crippen molar-refractivity contribution in [1.82, 2.24) is 0 Å². The Bertz CT molecular complexity index is 2240. The SMILES string of the molecule is O=c1cc(Cc2ccc3c(c2)-c2oc(=O)c(Cc4cc(=O)oc5cccc(O)c45)cc2C(O)O3)c2ccc(O)cc2o1. The summed E-state index contributed by atoms with van der Waals surface area (Å²) < 4.78 is 21.8. The van der Waals surface area contributed by atoms with Gasteiger partial charge in [0.2, 0.25) is 6.29 Å². The van der Waals surface area contributed by atoms with Gasteiger partial charge in [0, 0.05) is 35.6 Å². The molecule has 3 N–H and O–H groups in total. The normalized spacial score (nSPS) is 14.0. The Morgan fingerprint density at radius 1 is 0.714 bits per heavy atom. The molecule has 1 atom stereocenters. The molecule has 0 radical (unpaired) electrons. The summed E-state index contributed by atoms with van der Waals surface area (Å²) in [5.41, 5.74) is 1.09. The highest BCUT2D eigenvalue weighted by atomic mass is 16.6. The molecule has 6 aromatic rings. The molecule has 0 aliphatic carbocycles. The number of hydrogen-bond acceptors (Lipinski definition) is 10. The van der Waals surface area contributed by atoms with Gasteiger partial charge in [0.25, 0.3) is 0 Å². The number of phenols is 2. The van der Waals surface area contributed by atoms with E-state index >= 15 is 0 Å². The summed E-state index contributed by atoms with van der Waals surface area (Å²) in [5, 5.41) is 31.9. The minimum atomic E-state index is -1.43. The molecule has 7 rings (SSSR count). The average molecular weight is 565 g/mol. The Kier molecular flexibility index (Phi) is 5.73. The van der Waals surface area contributed by atoms with Crippen LogP contribution in [-0.4, -0.2) is 15.3 Å². The summed E-state index contributed by atoms with van der Waals surface area (Å²) in [4.78, 5) is 37.5. The molecule has 0 spiro atoms. The van der Waals surface area contributed by atoms with Gasteiger partial charge in [-0.15, -0.1) is 0 Å². The van der Waals surface area contributed by atoms with Crippen molar-refractivity contribution in [3.63, 3.8) is 0 Å².